The topological polar surface area (TPSA) is 138 Å². The number of benzene rings is 2. The van der Waals surface area contributed by atoms with Crippen LogP contribution >= 0.6 is 22.6 Å². The lowest BCUT2D eigenvalue weighted by molar-refractivity contribution is 0.171. The predicted molar refractivity (Wildman–Crippen MR) is 141 cm³/mol. The lowest BCUT2D eigenvalue weighted by Crippen LogP contribution is -2.26. The molecule has 0 radical (unpaired) electrons. The number of hydrogen-bond acceptors (Lipinski definition) is 7. The Kier molecular flexibility index (Phi) is 8.41. The zero-order valence-corrected chi connectivity index (χ0v) is 22.6. The fraction of sp³-hybridized carbons (Fsp3) is 0.304. The van der Waals surface area contributed by atoms with E-state index in [1.165, 1.54) is 18.0 Å². The van der Waals surface area contributed by atoms with Crippen LogP contribution in [0.4, 0.5) is 10.5 Å². The number of aliphatic hydroxyl groups is 1. The molecule has 0 aliphatic heterocycles. The smallest absolute Gasteiger partial charge is 0.414 e. The molecular weight excluding hydrogens is 589 g/mol. The summed E-state index contributed by atoms with van der Waals surface area (Å²) in [5, 5.41) is 10.8. The van der Waals surface area contributed by atoms with Crippen molar-refractivity contribution in [2.75, 3.05) is 25.9 Å². The molecule has 3 rings (SSSR count). The van der Waals surface area contributed by atoms with Crippen molar-refractivity contribution in [1.29, 1.82) is 0 Å². The van der Waals surface area contributed by atoms with Crippen LogP contribution < -0.4 is 19.8 Å². The molecular formula is C23H26IN3O7S. The molecule has 188 valence electrons. The molecule has 0 bridgehead atoms. The monoisotopic (exact) mass is 615 g/mol. The van der Waals surface area contributed by atoms with E-state index in [9.17, 15) is 23.1 Å². The van der Waals surface area contributed by atoms with Crippen LogP contribution in [0.2, 0.25) is 0 Å². The fourth-order valence-electron chi connectivity index (χ4n) is 3.43. The number of nitrogens with zero attached hydrogens (tertiary/aromatic N) is 1. The average molecular weight is 615 g/mol. The Hall–Kier alpha value is -2.68. The van der Waals surface area contributed by atoms with Gasteiger partial charge in [-0.15, -0.1) is 0 Å². The summed E-state index contributed by atoms with van der Waals surface area (Å²) in [7, 11) is 0.711. The van der Waals surface area contributed by atoms with E-state index in [4.69, 9.17) is 9.15 Å². The highest BCUT2D eigenvalue weighted by molar-refractivity contribution is 14.1. The molecule has 0 fully saturated rings. The second-order valence-corrected chi connectivity index (χ2v) is 10.9. The molecule has 12 heteroatoms. The lowest BCUT2D eigenvalue weighted by atomic mass is 9.94. The molecule has 0 aliphatic carbocycles. The quantitative estimate of drug-likeness (QED) is 0.262. The minimum Gasteiger partial charge on any atom is -0.422 e. The maximum atomic E-state index is 13.0. The van der Waals surface area contributed by atoms with Crippen LogP contribution in [-0.2, 0) is 23.1 Å². The number of amides is 1. The largest absolute Gasteiger partial charge is 0.422 e. The molecule has 0 saturated carbocycles. The van der Waals surface area contributed by atoms with Crippen molar-refractivity contribution >= 4 is 55.6 Å². The van der Waals surface area contributed by atoms with Gasteiger partial charge in [0, 0.05) is 44.6 Å². The van der Waals surface area contributed by atoms with Gasteiger partial charge in [0.1, 0.15) is 11.3 Å². The molecule has 1 atom stereocenters. The normalized spacial score (nSPS) is 12.4. The van der Waals surface area contributed by atoms with Gasteiger partial charge >= 0.3 is 11.7 Å². The van der Waals surface area contributed by atoms with E-state index in [-0.39, 0.29) is 24.2 Å². The Morgan fingerprint density at radius 2 is 1.94 bits per heavy atom. The van der Waals surface area contributed by atoms with Crippen molar-refractivity contribution in [1.82, 2.24) is 9.62 Å². The summed E-state index contributed by atoms with van der Waals surface area (Å²) in [5.41, 5.74) is 1.59. The fourth-order valence-corrected chi connectivity index (χ4v) is 4.54. The number of hydrogen-bond donors (Lipinski definition) is 3. The van der Waals surface area contributed by atoms with E-state index in [0.717, 1.165) is 0 Å². The Morgan fingerprint density at radius 1 is 1.23 bits per heavy atom. The van der Waals surface area contributed by atoms with Crippen LogP contribution in [0.1, 0.15) is 23.6 Å². The zero-order chi connectivity index (χ0) is 25.9. The highest BCUT2D eigenvalue weighted by atomic mass is 127. The molecule has 3 N–H and O–H groups in total. The first-order chi connectivity index (χ1) is 16.4. The number of halogens is 1. The van der Waals surface area contributed by atoms with Crippen molar-refractivity contribution in [3.63, 3.8) is 0 Å². The van der Waals surface area contributed by atoms with E-state index in [1.54, 1.807) is 51.4 Å². The van der Waals surface area contributed by atoms with Crippen molar-refractivity contribution in [3.05, 3.63) is 67.1 Å². The lowest BCUT2D eigenvalue weighted by Gasteiger charge is -2.16. The summed E-state index contributed by atoms with van der Waals surface area (Å²) >= 11 is 2.03. The average Bonchev–Trinajstić information content (AvgIpc) is 2.77. The van der Waals surface area contributed by atoms with Crippen LogP contribution in [0.5, 0.6) is 5.75 Å². The summed E-state index contributed by atoms with van der Waals surface area (Å²) in [6.45, 7) is 1.62. The number of fused-ring (bicyclic) bond motifs is 1. The van der Waals surface area contributed by atoms with E-state index in [2.05, 4.69) is 9.44 Å². The van der Waals surface area contributed by atoms with Gasteiger partial charge in [0.25, 0.3) is 10.2 Å². The van der Waals surface area contributed by atoms with Gasteiger partial charge in [-0.1, -0.05) is 12.1 Å². The zero-order valence-electron chi connectivity index (χ0n) is 19.6. The standard InChI is InChI=1S/C23H26IN3O7S/c1-13(28)8-16-17-11-19(24)21(34-23(30)27(3)4)12-20(17)33-22(29)18(16)10-14-6-5-7-15(9-14)26-35(31,32)25-2/h5-7,9,11-13,25-26,28H,8,10H2,1-4H3. The highest BCUT2D eigenvalue weighted by Crippen LogP contribution is 2.31. The number of aliphatic hydroxyl groups excluding tert-OH is 1. The van der Waals surface area contributed by atoms with Crippen LogP contribution in [0, 0.1) is 3.57 Å². The van der Waals surface area contributed by atoms with Gasteiger partial charge in [0.15, 0.2) is 0 Å². The summed E-state index contributed by atoms with van der Waals surface area (Å²) in [5.74, 6) is 0.250. The van der Waals surface area contributed by atoms with Gasteiger partial charge in [0.2, 0.25) is 0 Å². The van der Waals surface area contributed by atoms with Crippen LogP contribution in [-0.4, -0.2) is 51.8 Å². The molecule has 0 spiro atoms. The Morgan fingerprint density at radius 3 is 2.57 bits per heavy atom. The van der Waals surface area contributed by atoms with Crippen molar-refractivity contribution in [2.45, 2.75) is 25.9 Å². The highest BCUT2D eigenvalue weighted by Gasteiger charge is 2.20. The SMILES string of the molecule is CNS(=O)(=O)Nc1cccc(Cc2c(CC(C)O)c3cc(I)c(OC(=O)N(C)C)cc3oc2=O)c1. The molecule has 1 unspecified atom stereocenters. The maximum absolute atomic E-state index is 13.0. The molecule has 0 saturated heterocycles. The predicted octanol–water partition coefficient (Wildman–Crippen LogP) is 2.85. The van der Waals surface area contributed by atoms with E-state index >= 15 is 0 Å². The molecule has 35 heavy (non-hydrogen) atoms. The van der Waals surface area contributed by atoms with E-state index in [1.807, 2.05) is 22.6 Å². The molecule has 1 amide bonds. The third kappa shape index (κ3) is 6.72. The maximum Gasteiger partial charge on any atom is 0.414 e. The van der Waals surface area contributed by atoms with Gasteiger partial charge in [-0.05, 0) is 65.3 Å². The number of ether oxygens (including phenoxy) is 1. The van der Waals surface area contributed by atoms with E-state index < -0.39 is 28.0 Å². The van der Waals surface area contributed by atoms with Crippen molar-refractivity contribution in [2.24, 2.45) is 0 Å². The Labute approximate surface area is 216 Å². The van der Waals surface area contributed by atoms with Crippen LogP contribution in [0.15, 0.2) is 45.6 Å². The van der Waals surface area contributed by atoms with Gasteiger partial charge in [-0.2, -0.15) is 8.42 Å². The molecule has 1 heterocycles. The van der Waals surface area contributed by atoms with Crippen molar-refractivity contribution in [3.8, 4) is 5.75 Å². The molecule has 2 aromatic carbocycles. The first-order valence-corrected chi connectivity index (χ1v) is 13.1. The van der Waals surface area contributed by atoms with Gasteiger partial charge < -0.3 is 19.2 Å². The van der Waals surface area contributed by atoms with Crippen LogP contribution in [0.3, 0.4) is 0 Å². The van der Waals surface area contributed by atoms with Gasteiger partial charge in [-0.25, -0.2) is 14.3 Å². The van der Waals surface area contributed by atoms with E-state index in [0.29, 0.717) is 31.3 Å². The number of carbonyl (C=O) groups excluding carboxylic acids is 1. The summed E-state index contributed by atoms with van der Waals surface area (Å²) in [4.78, 5) is 26.3. The Balaban J connectivity index is 2.10. The molecule has 1 aromatic heterocycles. The summed E-state index contributed by atoms with van der Waals surface area (Å²) < 4.78 is 39.8. The van der Waals surface area contributed by atoms with Gasteiger partial charge in [-0.3, -0.25) is 4.72 Å². The Bertz CT molecular complexity index is 1420. The first kappa shape index (κ1) is 26.9. The second kappa shape index (κ2) is 10.9. The number of nitrogens with one attached hydrogen (secondary N) is 2. The molecule has 3 aromatic rings. The third-order valence-electron chi connectivity index (χ3n) is 5.06. The number of carbonyl (C=O) groups is 1. The second-order valence-electron chi connectivity index (χ2n) is 8.13. The summed E-state index contributed by atoms with van der Waals surface area (Å²) in [6, 6.07) is 9.89. The number of rotatable bonds is 8. The minimum absolute atomic E-state index is 0.156. The van der Waals surface area contributed by atoms with Crippen molar-refractivity contribution < 1.29 is 27.5 Å². The van der Waals surface area contributed by atoms with Crippen LogP contribution in [0.25, 0.3) is 11.0 Å². The summed E-state index contributed by atoms with van der Waals surface area (Å²) in [6.07, 6.45) is -0.963. The van der Waals surface area contributed by atoms with Gasteiger partial charge in [0.05, 0.1) is 15.4 Å². The molecule has 0 aliphatic rings. The minimum atomic E-state index is -3.70. The third-order valence-corrected chi connectivity index (χ3v) is 6.95. The molecule has 10 nitrogen and oxygen atoms in total. The first-order valence-electron chi connectivity index (χ1n) is 10.6. The number of anilines is 1.